The Morgan fingerprint density at radius 2 is 2.04 bits per heavy atom. The van der Waals surface area contributed by atoms with Crippen LogP contribution in [0.1, 0.15) is 11.6 Å². The minimum atomic E-state index is -3.37. The molecule has 1 aliphatic rings. The fourth-order valence-corrected chi connectivity index (χ4v) is 3.75. The van der Waals surface area contributed by atoms with Gasteiger partial charge in [-0.2, -0.15) is 0 Å². The van der Waals surface area contributed by atoms with Crippen LogP contribution in [0.2, 0.25) is 5.02 Å². The van der Waals surface area contributed by atoms with Crippen molar-refractivity contribution in [3.05, 3.63) is 34.9 Å². The van der Waals surface area contributed by atoms with Gasteiger partial charge in [-0.1, -0.05) is 29.8 Å². The number of hydrogen-bond acceptors (Lipinski definition) is 5. The molecule has 1 aromatic carbocycles. The second kappa shape index (κ2) is 8.96. The van der Waals surface area contributed by atoms with Crippen LogP contribution in [0.4, 0.5) is 0 Å². The van der Waals surface area contributed by atoms with Gasteiger partial charge in [0.05, 0.1) is 25.6 Å². The van der Waals surface area contributed by atoms with Crippen LogP contribution in [-0.4, -0.2) is 65.6 Å². The van der Waals surface area contributed by atoms with Gasteiger partial charge in [0, 0.05) is 37.8 Å². The number of nitrogens with zero attached hydrogens (tertiary/aromatic N) is 1. The molecular formula is C15H23ClN2O4S. The van der Waals surface area contributed by atoms with Gasteiger partial charge in [-0.05, 0) is 11.6 Å². The van der Waals surface area contributed by atoms with E-state index in [0.717, 1.165) is 18.7 Å². The Hall–Kier alpha value is -0.700. The Labute approximate surface area is 142 Å². The van der Waals surface area contributed by atoms with Crippen LogP contribution in [0.25, 0.3) is 0 Å². The first-order valence-corrected chi connectivity index (χ1v) is 9.59. The lowest BCUT2D eigenvalue weighted by atomic mass is 10.0. The summed E-state index contributed by atoms with van der Waals surface area (Å²) in [6.07, 6.45) is 0. The van der Waals surface area contributed by atoms with Crippen molar-refractivity contribution in [1.29, 1.82) is 0 Å². The highest BCUT2D eigenvalue weighted by Gasteiger charge is 2.25. The summed E-state index contributed by atoms with van der Waals surface area (Å²) >= 11 is 6.32. The highest BCUT2D eigenvalue weighted by Crippen LogP contribution is 2.27. The summed E-state index contributed by atoms with van der Waals surface area (Å²) in [5, 5.41) is 0.639. The first kappa shape index (κ1) is 18.6. The maximum atomic E-state index is 12.0. The standard InChI is InChI=1S/C15H23ClN2O4S/c1-21-10-11-23(19,20)17-12-15(18-6-8-22-9-7-18)13-4-2-3-5-14(13)16/h2-5,15,17H,6-12H2,1H3/t15-/m0/s1. The molecule has 0 aliphatic carbocycles. The molecule has 0 bridgehead atoms. The van der Waals surface area contributed by atoms with Gasteiger partial charge in [-0.25, -0.2) is 13.1 Å². The van der Waals surface area contributed by atoms with Crippen molar-refractivity contribution < 1.29 is 17.9 Å². The molecular weight excluding hydrogens is 340 g/mol. The fourth-order valence-electron chi connectivity index (χ4n) is 2.54. The van der Waals surface area contributed by atoms with Crippen molar-refractivity contribution in [3.8, 4) is 0 Å². The molecule has 1 heterocycles. The zero-order chi connectivity index (χ0) is 16.7. The van der Waals surface area contributed by atoms with Crippen molar-refractivity contribution in [2.24, 2.45) is 0 Å². The van der Waals surface area contributed by atoms with E-state index in [1.165, 1.54) is 7.11 Å². The largest absolute Gasteiger partial charge is 0.384 e. The molecule has 1 saturated heterocycles. The maximum Gasteiger partial charge on any atom is 0.213 e. The minimum Gasteiger partial charge on any atom is -0.384 e. The molecule has 1 fully saturated rings. The highest BCUT2D eigenvalue weighted by molar-refractivity contribution is 7.89. The van der Waals surface area contributed by atoms with Gasteiger partial charge < -0.3 is 9.47 Å². The summed E-state index contributed by atoms with van der Waals surface area (Å²) < 4.78 is 36.9. The summed E-state index contributed by atoms with van der Waals surface area (Å²) in [4.78, 5) is 2.20. The third kappa shape index (κ3) is 5.70. The average Bonchev–Trinajstić information content (AvgIpc) is 2.56. The second-order valence-corrected chi connectivity index (χ2v) is 7.68. The molecule has 0 amide bonds. The summed E-state index contributed by atoms with van der Waals surface area (Å²) in [6.45, 7) is 3.21. The molecule has 0 unspecified atom stereocenters. The summed E-state index contributed by atoms with van der Waals surface area (Å²) in [6, 6.07) is 7.42. The SMILES string of the molecule is COCCS(=O)(=O)NC[C@@H](c1ccccc1Cl)N1CCOCC1. The quantitative estimate of drug-likeness (QED) is 0.754. The molecule has 0 aromatic heterocycles. The molecule has 1 aliphatic heterocycles. The van der Waals surface area contributed by atoms with E-state index in [-0.39, 0.29) is 24.9 Å². The van der Waals surface area contributed by atoms with Gasteiger partial charge in [-0.15, -0.1) is 0 Å². The summed E-state index contributed by atoms with van der Waals surface area (Å²) in [5.41, 5.74) is 0.922. The number of hydrogen-bond donors (Lipinski definition) is 1. The molecule has 6 nitrogen and oxygen atoms in total. The van der Waals surface area contributed by atoms with Crippen LogP contribution in [0.15, 0.2) is 24.3 Å². The molecule has 1 aromatic rings. The summed E-state index contributed by atoms with van der Waals surface area (Å²) in [5.74, 6) is -0.0537. The van der Waals surface area contributed by atoms with Gasteiger partial charge in [0.15, 0.2) is 0 Å². The molecule has 2 rings (SSSR count). The van der Waals surface area contributed by atoms with E-state index < -0.39 is 10.0 Å². The van der Waals surface area contributed by atoms with E-state index in [1.54, 1.807) is 0 Å². The zero-order valence-corrected chi connectivity index (χ0v) is 14.8. The number of methoxy groups -OCH3 is 1. The molecule has 0 radical (unpaired) electrons. The van der Waals surface area contributed by atoms with Crippen LogP contribution in [0.5, 0.6) is 0 Å². The van der Waals surface area contributed by atoms with Gasteiger partial charge >= 0.3 is 0 Å². The van der Waals surface area contributed by atoms with Crippen LogP contribution >= 0.6 is 11.6 Å². The van der Waals surface area contributed by atoms with E-state index in [9.17, 15) is 8.42 Å². The summed E-state index contributed by atoms with van der Waals surface area (Å²) in [7, 11) is -1.89. The average molecular weight is 363 g/mol. The van der Waals surface area contributed by atoms with Crippen LogP contribution in [0, 0.1) is 0 Å². The van der Waals surface area contributed by atoms with E-state index >= 15 is 0 Å². The van der Waals surface area contributed by atoms with Crippen LogP contribution in [0.3, 0.4) is 0 Å². The Bertz CT molecular complexity index is 591. The number of halogens is 1. The third-order valence-corrected chi connectivity index (χ3v) is 5.46. The molecule has 0 spiro atoms. The third-order valence-electron chi connectivity index (χ3n) is 3.80. The van der Waals surface area contributed by atoms with Gasteiger partial charge in [0.25, 0.3) is 0 Å². The smallest absolute Gasteiger partial charge is 0.213 e. The minimum absolute atomic E-state index is 0.0537. The maximum absolute atomic E-state index is 12.0. The normalized spacial score (nSPS) is 18.0. The van der Waals surface area contributed by atoms with Crippen LogP contribution < -0.4 is 4.72 Å². The van der Waals surface area contributed by atoms with E-state index in [2.05, 4.69) is 9.62 Å². The Morgan fingerprint density at radius 3 is 2.70 bits per heavy atom. The molecule has 1 atom stereocenters. The zero-order valence-electron chi connectivity index (χ0n) is 13.2. The van der Waals surface area contributed by atoms with E-state index in [0.29, 0.717) is 18.2 Å². The van der Waals surface area contributed by atoms with Gasteiger partial charge in [-0.3, -0.25) is 4.90 Å². The topological polar surface area (TPSA) is 67.9 Å². The van der Waals surface area contributed by atoms with Crippen molar-refractivity contribution in [2.75, 3.05) is 52.3 Å². The Balaban J connectivity index is 2.12. The first-order chi connectivity index (χ1) is 11.0. The first-order valence-electron chi connectivity index (χ1n) is 7.56. The number of ether oxygens (including phenoxy) is 2. The van der Waals surface area contributed by atoms with Crippen molar-refractivity contribution in [3.63, 3.8) is 0 Å². The Kier molecular flexibility index (Phi) is 7.26. The predicted molar refractivity (Wildman–Crippen MR) is 90.3 cm³/mol. The molecule has 0 saturated carbocycles. The lowest BCUT2D eigenvalue weighted by molar-refractivity contribution is 0.0172. The fraction of sp³-hybridized carbons (Fsp3) is 0.600. The van der Waals surface area contributed by atoms with Crippen molar-refractivity contribution in [1.82, 2.24) is 9.62 Å². The van der Waals surface area contributed by atoms with Crippen molar-refractivity contribution in [2.45, 2.75) is 6.04 Å². The number of sulfonamides is 1. The lowest BCUT2D eigenvalue weighted by Crippen LogP contribution is -2.44. The number of rotatable bonds is 8. The Morgan fingerprint density at radius 1 is 1.35 bits per heavy atom. The van der Waals surface area contributed by atoms with Gasteiger partial charge in [0.1, 0.15) is 0 Å². The number of benzene rings is 1. The second-order valence-electron chi connectivity index (χ2n) is 5.35. The predicted octanol–water partition coefficient (Wildman–Crippen LogP) is 1.28. The van der Waals surface area contributed by atoms with Crippen molar-refractivity contribution >= 4 is 21.6 Å². The molecule has 23 heavy (non-hydrogen) atoms. The lowest BCUT2D eigenvalue weighted by Gasteiger charge is -2.35. The van der Waals surface area contributed by atoms with Gasteiger partial charge in [0.2, 0.25) is 10.0 Å². The van der Waals surface area contributed by atoms with E-state index in [4.69, 9.17) is 21.1 Å². The van der Waals surface area contributed by atoms with E-state index in [1.807, 2.05) is 24.3 Å². The number of nitrogens with one attached hydrogen (secondary N) is 1. The van der Waals surface area contributed by atoms with Crippen LogP contribution in [-0.2, 0) is 19.5 Å². The number of morpholine rings is 1. The molecule has 8 heteroatoms. The monoisotopic (exact) mass is 362 g/mol. The highest BCUT2D eigenvalue weighted by atomic mass is 35.5. The molecule has 130 valence electrons. The molecule has 1 N–H and O–H groups in total.